The zero-order valence-electron chi connectivity index (χ0n) is 18.5. The minimum absolute atomic E-state index is 0.0730. The molecule has 0 saturated carbocycles. The first-order valence-electron chi connectivity index (χ1n) is 10.6. The molecule has 0 saturated heterocycles. The van der Waals surface area contributed by atoms with E-state index in [1.54, 1.807) is 24.3 Å². The quantitative estimate of drug-likeness (QED) is 0.400. The van der Waals surface area contributed by atoms with Crippen LogP contribution in [0.2, 0.25) is 0 Å². The Balaban J connectivity index is 1.76. The van der Waals surface area contributed by atoms with Gasteiger partial charge in [-0.1, -0.05) is 59.1 Å². The first-order valence-corrected chi connectivity index (χ1v) is 10.6. The number of carbonyl (C=O) groups excluding carboxylic acids is 2. The third kappa shape index (κ3) is 7.90. The second-order valence-corrected chi connectivity index (χ2v) is 8.39. The minimum atomic E-state index is -0.341. The summed E-state index contributed by atoms with van der Waals surface area (Å²) in [6.07, 6.45) is 4.25. The van der Waals surface area contributed by atoms with E-state index in [-0.39, 0.29) is 23.9 Å². The summed E-state index contributed by atoms with van der Waals surface area (Å²) < 4.78 is 10.8. The molecular weight excluding hydrogens is 378 g/mol. The predicted octanol–water partition coefficient (Wildman–Crippen LogP) is 5.74. The molecule has 162 valence electrons. The Labute approximate surface area is 179 Å². The maximum atomic E-state index is 12.1. The maximum Gasteiger partial charge on any atom is 0.338 e. The first-order chi connectivity index (χ1) is 14.3. The van der Waals surface area contributed by atoms with Crippen LogP contribution < -0.4 is 10.1 Å². The van der Waals surface area contributed by atoms with Crippen LogP contribution in [0, 0.1) is 0 Å². The van der Waals surface area contributed by atoms with Crippen molar-refractivity contribution in [3.05, 3.63) is 59.7 Å². The molecule has 0 radical (unpaired) electrons. The van der Waals surface area contributed by atoms with Gasteiger partial charge in [-0.25, -0.2) is 4.79 Å². The van der Waals surface area contributed by atoms with E-state index >= 15 is 0 Å². The van der Waals surface area contributed by atoms with Crippen molar-refractivity contribution in [2.45, 2.75) is 58.8 Å². The van der Waals surface area contributed by atoms with Gasteiger partial charge >= 0.3 is 5.97 Å². The average molecular weight is 412 g/mol. The van der Waals surface area contributed by atoms with E-state index in [9.17, 15) is 9.59 Å². The van der Waals surface area contributed by atoms with Gasteiger partial charge in [0.1, 0.15) is 5.75 Å². The molecule has 30 heavy (non-hydrogen) atoms. The summed E-state index contributed by atoms with van der Waals surface area (Å²) in [5.74, 6) is 0.0442. The van der Waals surface area contributed by atoms with Gasteiger partial charge in [0.05, 0.1) is 12.2 Å². The average Bonchev–Trinajstić information content (AvgIpc) is 2.72. The van der Waals surface area contributed by atoms with Crippen LogP contribution in [0.5, 0.6) is 5.75 Å². The highest BCUT2D eigenvalue weighted by Gasteiger charge is 2.13. The highest BCUT2D eigenvalue weighted by molar-refractivity contribution is 5.93. The van der Waals surface area contributed by atoms with E-state index < -0.39 is 0 Å². The number of carbonyl (C=O) groups is 2. The number of benzene rings is 2. The number of esters is 1. The van der Waals surface area contributed by atoms with Crippen LogP contribution in [0.1, 0.15) is 69.3 Å². The van der Waals surface area contributed by atoms with Gasteiger partial charge in [-0.05, 0) is 53.8 Å². The fraction of sp³-hybridized carbons (Fsp3) is 0.440. The first kappa shape index (κ1) is 23.5. The smallest absolute Gasteiger partial charge is 0.338 e. The van der Waals surface area contributed by atoms with E-state index in [4.69, 9.17) is 9.47 Å². The molecule has 0 heterocycles. The number of hydrogen-bond acceptors (Lipinski definition) is 4. The minimum Gasteiger partial charge on any atom is -0.484 e. The Morgan fingerprint density at radius 2 is 1.57 bits per heavy atom. The van der Waals surface area contributed by atoms with Crippen LogP contribution >= 0.6 is 0 Å². The summed E-state index contributed by atoms with van der Waals surface area (Å²) in [6, 6.07) is 14.4. The molecule has 0 unspecified atom stereocenters. The SMILES string of the molecule is CCCCCCOC(=O)c1ccc(NC(=O)COc2ccc(C(C)(C)C)cc2)cc1. The Kier molecular flexibility index (Phi) is 8.90. The summed E-state index contributed by atoms with van der Waals surface area (Å²) in [7, 11) is 0. The molecule has 2 aromatic carbocycles. The van der Waals surface area contributed by atoms with Gasteiger partial charge in [-0.15, -0.1) is 0 Å². The topological polar surface area (TPSA) is 64.6 Å². The van der Waals surface area contributed by atoms with Crippen molar-refractivity contribution in [1.29, 1.82) is 0 Å². The summed E-state index contributed by atoms with van der Waals surface area (Å²) in [5, 5.41) is 2.76. The summed E-state index contributed by atoms with van der Waals surface area (Å²) in [6.45, 7) is 8.93. The van der Waals surface area contributed by atoms with Crippen LogP contribution in [-0.2, 0) is 14.9 Å². The number of unbranched alkanes of at least 4 members (excludes halogenated alkanes) is 3. The lowest BCUT2D eigenvalue weighted by atomic mass is 9.87. The number of ether oxygens (including phenoxy) is 2. The lowest BCUT2D eigenvalue weighted by Crippen LogP contribution is -2.20. The number of amides is 1. The summed E-state index contributed by atoms with van der Waals surface area (Å²) in [4.78, 5) is 24.2. The highest BCUT2D eigenvalue weighted by Crippen LogP contribution is 2.24. The number of anilines is 1. The van der Waals surface area contributed by atoms with Crippen LogP contribution in [-0.4, -0.2) is 25.1 Å². The third-order valence-corrected chi connectivity index (χ3v) is 4.73. The molecule has 2 aromatic rings. The van der Waals surface area contributed by atoms with Crippen molar-refractivity contribution in [3.8, 4) is 5.75 Å². The number of hydrogen-bond donors (Lipinski definition) is 1. The Bertz CT molecular complexity index is 805. The second-order valence-electron chi connectivity index (χ2n) is 8.39. The van der Waals surface area contributed by atoms with E-state index in [2.05, 4.69) is 33.0 Å². The lowest BCUT2D eigenvalue weighted by Gasteiger charge is -2.19. The monoisotopic (exact) mass is 411 g/mol. The Morgan fingerprint density at radius 1 is 0.900 bits per heavy atom. The molecule has 1 amide bonds. The van der Waals surface area contributed by atoms with Gasteiger partial charge in [0.2, 0.25) is 0 Å². The third-order valence-electron chi connectivity index (χ3n) is 4.73. The molecule has 0 aliphatic carbocycles. The van der Waals surface area contributed by atoms with Crippen LogP contribution in [0.25, 0.3) is 0 Å². The van der Waals surface area contributed by atoms with Crippen molar-refractivity contribution >= 4 is 17.6 Å². The van der Waals surface area contributed by atoms with E-state index in [0.717, 1.165) is 25.7 Å². The Hall–Kier alpha value is -2.82. The molecule has 5 heteroatoms. The van der Waals surface area contributed by atoms with Gasteiger partial charge < -0.3 is 14.8 Å². The zero-order valence-corrected chi connectivity index (χ0v) is 18.5. The number of rotatable bonds is 10. The van der Waals surface area contributed by atoms with Crippen molar-refractivity contribution in [2.24, 2.45) is 0 Å². The molecule has 5 nitrogen and oxygen atoms in total. The van der Waals surface area contributed by atoms with Gasteiger partial charge in [-0.2, -0.15) is 0 Å². The number of nitrogens with one attached hydrogen (secondary N) is 1. The molecule has 0 atom stereocenters. The fourth-order valence-electron chi connectivity index (χ4n) is 2.86. The van der Waals surface area contributed by atoms with Gasteiger partial charge in [0.15, 0.2) is 6.61 Å². The van der Waals surface area contributed by atoms with Crippen molar-refractivity contribution < 1.29 is 19.1 Å². The molecular formula is C25H33NO4. The fourth-order valence-corrected chi connectivity index (χ4v) is 2.86. The van der Waals surface area contributed by atoms with Crippen LogP contribution in [0.4, 0.5) is 5.69 Å². The van der Waals surface area contributed by atoms with Crippen LogP contribution in [0.15, 0.2) is 48.5 Å². The predicted molar refractivity (Wildman–Crippen MR) is 120 cm³/mol. The van der Waals surface area contributed by atoms with Crippen molar-refractivity contribution in [1.82, 2.24) is 0 Å². The van der Waals surface area contributed by atoms with Crippen LogP contribution in [0.3, 0.4) is 0 Å². The normalized spacial score (nSPS) is 11.1. The summed E-state index contributed by atoms with van der Waals surface area (Å²) >= 11 is 0. The Morgan fingerprint density at radius 3 is 2.17 bits per heavy atom. The van der Waals surface area contributed by atoms with E-state index in [1.807, 2.05) is 24.3 Å². The molecule has 2 rings (SSSR count). The van der Waals surface area contributed by atoms with E-state index in [0.29, 0.717) is 23.6 Å². The molecule has 0 aliphatic heterocycles. The molecule has 0 fully saturated rings. The van der Waals surface area contributed by atoms with Crippen molar-refractivity contribution in [2.75, 3.05) is 18.5 Å². The summed E-state index contributed by atoms with van der Waals surface area (Å²) in [5.41, 5.74) is 2.35. The molecule has 0 bridgehead atoms. The molecule has 1 N–H and O–H groups in total. The molecule has 0 aliphatic rings. The standard InChI is InChI=1S/C25H33NO4/c1-5-6-7-8-17-29-24(28)19-9-13-21(14-10-19)26-23(27)18-30-22-15-11-20(12-16-22)25(2,3)4/h9-16H,5-8,17-18H2,1-4H3,(H,26,27). The van der Waals surface area contributed by atoms with Crippen molar-refractivity contribution in [3.63, 3.8) is 0 Å². The largest absolute Gasteiger partial charge is 0.484 e. The van der Waals surface area contributed by atoms with Gasteiger partial charge in [0, 0.05) is 5.69 Å². The molecule has 0 spiro atoms. The highest BCUT2D eigenvalue weighted by atomic mass is 16.5. The van der Waals surface area contributed by atoms with Gasteiger partial charge in [0.25, 0.3) is 5.91 Å². The van der Waals surface area contributed by atoms with Gasteiger partial charge in [-0.3, -0.25) is 4.79 Å². The maximum absolute atomic E-state index is 12.1. The zero-order chi connectivity index (χ0) is 22.0. The van der Waals surface area contributed by atoms with E-state index in [1.165, 1.54) is 5.56 Å². The lowest BCUT2D eigenvalue weighted by molar-refractivity contribution is -0.118. The second kappa shape index (κ2) is 11.4. The molecule has 0 aromatic heterocycles.